The normalized spacial score (nSPS) is 15.7. The third kappa shape index (κ3) is 4.44. The van der Waals surface area contributed by atoms with Crippen LogP contribution in [0.3, 0.4) is 0 Å². The van der Waals surface area contributed by atoms with E-state index in [1.54, 1.807) is 0 Å². The van der Waals surface area contributed by atoms with Crippen molar-refractivity contribution in [2.24, 2.45) is 0 Å². The van der Waals surface area contributed by atoms with Gasteiger partial charge in [0.15, 0.2) is 5.58 Å². The highest BCUT2D eigenvalue weighted by Crippen LogP contribution is 2.32. The van der Waals surface area contributed by atoms with Crippen molar-refractivity contribution in [2.45, 2.75) is 52.1 Å². The molecule has 4 rings (SSSR count). The standard InChI is InChI=1S/C24H28N2O3/c1-16-5-7-18(8-6-16)22-25-20-10-9-19(15-21(20)28-22)17-11-13-26(14-12-17)23(27)29-24(2,3)4/h5-10,15,17H,11-14H2,1-4H3. The van der Waals surface area contributed by atoms with Gasteiger partial charge in [-0.2, -0.15) is 0 Å². The molecule has 2 heterocycles. The van der Waals surface area contributed by atoms with Crippen molar-refractivity contribution in [2.75, 3.05) is 13.1 Å². The molecule has 29 heavy (non-hydrogen) atoms. The molecule has 152 valence electrons. The monoisotopic (exact) mass is 392 g/mol. The quantitative estimate of drug-likeness (QED) is 0.543. The van der Waals surface area contributed by atoms with Crippen LogP contribution in [0.2, 0.25) is 0 Å². The maximum atomic E-state index is 12.3. The van der Waals surface area contributed by atoms with E-state index in [0.29, 0.717) is 24.9 Å². The zero-order valence-corrected chi connectivity index (χ0v) is 17.6. The summed E-state index contributed by atoms with van der Waals surface area (Å²) in [6.45, 7) is 9.18. The van der Waals surface area contributed by atoms with Crippen molar-refractivity contribution < 1.29 is 13.9 Å². The molecular formula is C24H28N2O3. The Bertz CT molecular complexity index is 1010. The van der Waals surface area contributed by atoms with E-state index in [1.807, 2.05) is 43.9 Å². The summed E-state index contributed by atoms with van der Waals surface area (Å²) in [4.78, 5) is 18.7. The minimum atomic E-state index is -0.458. The van der Waals surface area contributed by atoms with Gasteiger partial charge in [0.25, 0.3) is 0 Å². The average Bonchev–Trinajstić information content (AvgIpc) is 3.10. The van der Waals surface area contributed by atoms with Crippen molar-refractivity contribution in [3.05, 3.63) is 53.6 Å². The Hall–Kier alpha value is -2.82. The predicted octanol–water partition coefficient (Wildman–Crippen LogP) is 5.92. The lowest BCUT2D eigenvalue weighted by Gasteiger charge is -2.33. The van der Waals surface area contributed by atoms with Crippen molar-refractivity contribution in [3.63, 3.8) is 0 Å². The zero-order chi connectivity index (χ0) is 20.6. The number of ether oxygens (including phenoxy) is 1. The van der Waals surface area contributed by atoms with Gasteiger partial charge in [0.05, 0.1) is 0 Å². The molecule has 1 fully saturated rings. The second-order valence-electron chi connectivity index (χ2n) is 8.85. The Kier molecular flexibility index (Phi) is 5.07. The molecule has 0 atom stereocenters. The van der Waals surface area contributed by atoms with Crippen LogP contribution < -0.4 is 0 Å². The molecule has 1 aliphatic rings. The fourth-order valence-corrected chi connectivity index (χ4v) is 3.74. The summed E-state index contributed by atoms with van der Waals surface area (Å²) in [7, 11) is 0. The molecule has 0 radical (unpaired) electrons. The van der Waals surface area contributed by atoms with Crippen molar-refractivity contribution in [1.29, 1.82) is 0 Å². The van der Waals surface area contributed by atoms with Gasteiger partial charge < -0.3 is 14.1 Å². The number of nitrogens with zero attached hydrogens (tertiary/aromatic N) is 2. The van der Waals surface area contributed by atoms with E-state index < -0.39 is 5.60 Å². The first kappa shape index (κ1) is 19.5. The van der Waals surface area contributed by atoms with Crippen LogP contribution in [0.25, 0.3) is 22.6 Å². The van der Waals surface area contributed by atoms with Gasteiger partial charge in [-0.1, -0.05) is 23.8 Å². The number of likely N-dealkylation sites (tertiary alicyclic amines) is 1. The number of hydrogen-bond acceptors (Lipinski definition) is 4. The van der Waals surface area contributed by atoms with E-state index in [2.05, 4.69) is 36.2 Å². The van der Waals surface area contributed by atoms with Crippen LogP contribution in [0, 0.1) is 6.92 Å². The maximum Gasteiger partial charge on any atom is 0.410 e. The Labute approximate surface area is 171 Å². The van der Waals surface area contributed by atoms with Gasteiger partial charge >= 0.3 is 6.09 Å². The number of aryl methyl sites for hydroxylation is 1. The molecule has 0 N–H and O–H groups in total. The number of rotatable bonds is 2. The highest BCUT2D eigenvalue weighted by Gasteiger charge is 2.27. The number of carbonyl (C=O) groups excluding carboxylic acids is 1. The molecule has 0 spiro atoms. The fraction of sp³-hybridized carbons (Fsp3) is 0.417. The smallest absolute Gasteiger partial charge is 0.410 e. The molecule has 1 amide bonds. The third-order valence-electron chi connectivity index (χ3n) is 5.33. The minimum Gasteiger partial charge on any atom is -0.444 e. The van der Waals surface area contributed by atoms with E-state index in [-0.39, 0.29) is 6.09 Å². The minimum absolute atomic E-state index is 0.218. The van der Waals surface area contributed by atoms with Gasteiger partial charge in [-0.25, -0.2) is 9.78 Å². The first-order valence-corrected chi connectivity index (χ1v) is 10.2. The lowest BCUT2D eigenvalue weighted by atomic mass is 9.89. The summed E-state index contributed by atoms with van der Waals surface area (Å²) < 4.78 is 11.5. The number of benzene rings is 2. The van der Waals surface area contributed by atoms with Crippen LogP contribution in [-0.4, -0.2) is 34.7 Å². The maximum absolute atomic E-state index is 12.3. The van der Waals surface area contributed by atoms with Crippen LogP contribution >= 0.6 is 0 Å². The summed E-state index contributed by atoms with van der Waals surface area (Å²) in [6, 6.07) is 14.5. The summed E-state index contributed by atoms with van der Waals surface area (Å²) >= 11 is 0. The molecule has 3 aromatic rings. The van der Waals surface area contributed by atoms with Gasteiger partial charge in [-0.3, -0.25) is 0 Å². The first-order valence-electron chi connectivity index (χ1n) is 10.2. The highest BCUT2D eigenvalue weighted by atomic mass is 16.6. The summed E-state index contributed by atoms with van der Waals surface area (Å²) in [5.41, 5.74) is 4.67. The summed E-state index contributed by atoms with van der Waals surface area (Å²) in [5.74, 6) is 1.06. The molecule has 0 aliphatic carbocycles. The Morgan fingerprint density at radius 1 is 1.10 bits per heavy atom. The van der Waals surface area contributed by atoms with Crippen LogP contribution in [-0.2, 0) is 4.74 Å². The van der Waals surface area contributed by atoms with Gasteiger partial charge in [0, 0.05) is 18.7 Å². The first-order chi connectivity index (χ1) is 13.8. The number of oxazole rings is 1. The lowest BCUT2D eigenvalue weighted by Crippen LogP contribution is -2.41. The molecule has 0 bridgehead atoms. The number of piperidine rings is 1. The number of hydrogen-bond donors (Lipinski definition) is 0. The van der Waals surface area contributed by atoms with Crippen molar-refractivity contribution >= 4 is 17.2 Å². The van der Waals surface area contributed by atoms with Gasteiger partial charge in [-0.05, 0) is 76.3 Å². The van der Waals surface area contributed by atoms with E-state index in [4.69, 9.17) is 9.15 Å². The van der Waals surface area contributed by atoms with Gasteiger partial charge in [-0.15, -0.1) is 0 Å². The van der Waals surface area contributed by atoms with E-state index >= 15 is 0 Å². The number of fused-ring (bicyclic) bond motifs is 1. The predicted molar refractivity (Wildman–Crippen MR) is 114 cm³/mol. The largest absolute Gasteiger partial charge is 0.444 e. The summed E-state index contributed by atoms with van der Waals surface area (Å²) in [6.07, 6.45) is 1.62. The second-order valence-corrected chi connectivity index (χ2v) is 8.85. The molecule has 1 aromatic heterocycles. The third-order valence-corrected chi connectivity index (χ3v) is 5.33. The van der Waals surface area contributed by atoms with Crippen LogP contribution in [0.4, 0.5) is 4.79 Å². The SMILES string of the molecule is Cc1ccc(-c2nc3ccc(C4CCN(C(=O)OC(C)(C)C)CC4)cc3o2)cc1. The fourth-order valence-electron chi connectivity index (χ4n) is 3.74. The second kappa shape index (κ2) is 7.54. The highest BCUT2D eigenvalue weighted by molar-refractivity contribution is 5.77. The number of aromatic nitrogens is 1. The van der Waals surface area contributed by atoms with Gasteiger partial charge in [0.2, 0.25) is 5.89 Å². The van der Waals surface area contributed by atoms with Gasteiger partial charge in [0.1, 0.15) is 11.1 Å². The molecule has 0 saturated carbocycles. The molecule has 1 saturated heterocycles. The van der Waals surface area contributed by atoms with Crippen LogP contribution in [0.5, 0.6) is 0 Å². The molecule has 2 aromatic carbocycles. The van der Waals surface area contributed by atoms with Crippen molar-refractivity contribution in [1.82, 2.24) is 9.88 Å². The topological polar surface area (TPSA) is 55.6 Å². The summed E-state index contributed by atoms with van der Waals surface area (Å²) in [5, 5.41) is 0. The Morgan fingerprint density at radius 2 is 1.79 bits per heavy atom. The van der Waals surface area contributed by atoms with E-state index in [0.717, 1.165) is 29.5 Å². The molecule has 1 aliphatic heterocycles. The van der Waals surface area contributed by atoms with E-state index in [1.165, 1.54) is 11.1 Å². The van der Waals surface area contributed by atoms with Crippen LogP contribution in [0.1, 0.15) is 50.7 Å². The molecule has 5 nitrogen and oxygen atoms in total. The average molecular weight is 392 g/mol. The van der Waals surface area contributed by atoms with E-state index in [9.17, 15) is 4.79 Å². The molecule has 5 heteroatoms. The zero-order valence-electron chi connectivity index (χ0n) is 17.6. The van der Waals surface area contributed by atoms with Crippen molar-refractivity contribution in [3.8, 4) is 11.5 Å². The number of carbonyl (C=O) groups is 1. The lowest BCUT2D eigenvalue weighted by molar-refractivity contribution is 0.0205. The van der Waals surface area contributed by atoms with Crippen LogP contribution in [0.15, 0.2) is 46.9 Å². The molecular weight excluding hydrogens is 364 g/mol. The number of amides is 1. The Morgan fingerprint density at radius 3 is 2.45 bits per heavy atom. The molecule has 0 unspecified atom stereocenters. The Balaban J connectivity index is 1.46.